The molecule has 1 amide bonds. The highest BCUT2D eigenvalue weighted by Crippen LogP contribution is 2.33. The first-order valence-electron chi connectivity index (χ1n) is 8.24. The molecule has 0 spiro atoms. The lowest BCUT2D eigenvalue weighted by Gasteiger charge is -2.38. The first kappa shape index (κ1) is 17.0. The van der Waals surface area contributed by atoms with Crippen LogP contribution < -0.4 is 5.73 Å². The van der Waals surface area contributed by atoms with Gasteiger partial charge in [0.1, 0.15) is 11.5 Å². The molecule has 1 saturated heterocycles. The lowest BCUT2D eigenvalue weighted by molar-refractivity contribution is 0.0554. The third kappa shape index (κ3) is 3.35. The maximum Gasteiger partial charge on any atom is 0.274 e. The van der Waals surface area contributed by atoms with Crippen molar-refractivity contribution >= 4 is 17.2 Å². The molecule has 1 fully saturated rings. The zero-order valence-electron chi connectivity index (χ0n) is 14.0. The normalized spacial score (nSPS) is 21.1. The Morgan fingerprint density at radius 1 is 1.46 bits per heavy atom. The number of hydrogen-bond donors (Lipinski definition) is 1. The summed E-state index contributed by atoms with van der Waals surface area (Å²) in [6.45, 7) is 5.16. The first-order valence-corrected chi connectivity index (χ1v) is 9.05. The second-order valence-corrected chi connectivity index (χ2v) is 7.65. The van der Waals surface area contributed by atoms with E-state index < -0.39 is 0 Å². The number of aryl methyl sites for hydroxylation is 1. The molecule has 6 heteroatoms. The van der Waals surface area contributed by atoms with E-state index in [0.717, 1.165) is 22.7 Å². The molecule has 1 aromatic heterocycles. The van der Waals surface area contributed by atoms with Crippen LogP contribution in [0.25, 0.3) is 10.4 Å². The van der Waals surface area contributed by atoms with E-state index in [0.29, 0.717) is 30.3 Å². The maximum absolute atomic E-state index is 13.6. The maximum atomic E-state index is 13.6. The van der Waals surface area contributed by atoms with Crippen molar-refractivity contribution in [2.45, 2.75) is 32.7 Å². The third-order valence-corrected chi connectivity index (χ3v) is 5.52. The predicted molar refractivity (Wildman–Crippen MR) is 94.5 cm³/mol. The number of carbonyl (C=O) groups is 1. The Kier molecular flexibility index (Phi) is 4.96. The Bertz CT molecular complexity index is 746. The minimum Gasteiger partial charge on any atom is -0.333 e. The molecule has 128 valence electrons. The van der Waals surface area contributed by atoms with Gasteiger partial charge in [0.2, 0.25) is 0 Å². The van der Waals surface area contributed by atoms with Gasteiger partial charge in [-0.2, -0.15) is 0 Å². The van der Waals surface area contributed by atoms with Crippen LogP contribution in [-0.2, 0) is 0 Å². The quantitative estimate of drug-likeness (QED) is 0.925. The van der Waals surface area contributed by atoms with Gasteiger partial charge in [0.25, 0.3) is 5.91 Å². The number of nitrogens with two attached hydrogens (primary N) is 1. The van der Waals surface area contributed by atoms with Crippen LogP contribution in [0.5, 0.6) is 0 Å². The largest absolute Gasteiger partial charge is 0.333 e. The highest BCUT2D eigenvalue weighted by Gasteiger charge is 2.32. The summed E-state index contributed by atoms with van der Waals surface area (Å²) >= 11 is 1.42. The highest BCUT2D eigenvalue weighted by atomic mass is 32.1. The zero-order valence-corrected chi connectivity index (χ0v) is 14.8. The number of piperidine rings is 1. The van der Waals surface area contributed by atoms with Crippen molar-refractivity contribution < 1.29 is 9.18 Å². The summed E-state index contributed by atoms with van der Waals surface area (Å²) in [5.41, 5.74) is 6.97. The van der Waals surface area contributed by atoms with Crippen molar-refractivity contribution in [1.29, 1.82) is 0 Å². The van der Waals surface area contributed by atoms with Crippen LogP contribution in [0, 0.1) is 18.7 Å². The summed E-state index contributed by atoms with van der Waals surface area (Å²) in [5.74, 6) is 0.0399. The Morgan fingerprint density at radius 3 is 2.96 bits per heavy atom. The van der Waals surface area contributed by atoms with Crippen LogP contribution in [0.15, 0.2) is 24.3 Å². The van der Waals surface area contributed by atoms with Crippen molar-refractivity contribution in [2.24, 2.45) is 11.7 Å². The van der Waals surface area contributed by atoms with Gasteiger partial charge in [-0.15, -0.1) is 11.3 Å². The third-order valence-electron chi connectivity index (χ3n) is 4.50. The van der Waals surface area contributed by atoms with Crippen molar-refractivity contribution in [1.82, 2.24) is 9.88 Å². The van der Waals surface area contributed by atoms with Crippen LogP contribution in [0.4, 0.5) is 4.39 Å². The van der Waals surface area contributed by atoms with Crippen LogP contribution in [0.2, 0.25) is 0 Å². The number of halogens is 1. The number of thiazole rings is 1. The summed E-state index contributed by atoms with van der Waals surface area (Å²) in [5, 5.41) is 0.798. The van der Waals surface area contributed by atoms with Crippen LogP contribution in [0.3, 0.4) is 0 Å². The molecule has 2 heterocycles. The molecule has 1 aliphatic heterocycles. The van der Waals surface area contributed by atoms with E-state index in [1.807, 2.05) is 17.9 Å². The van der Waals surface area contributed by atoms with E-state index in [4.69, 9.17) is 5.73 Å². The minimum atomic E-state index is -0.316. The van der Waals surface area contributed by atoms with E-state index in [-0.39, 0.29) is 17.8 Å². The van der Waals surface area contributed by atoms with E-state index >= 15 is 0 Å². The molecule has 4 nitrogen and oxygen atoms in total. The summed E-state index contributed by atoms with van der Waals surface area (Å²) in [6, 6.07) is 6.36. The van der Waals surface area contributed by atoms with Gasteiger partial charge in [0.15, 0.2) is 0 Å². The number of rotatable bonds is 3. The van der Waals surface area contributed by atoms with Gasteiger partial charge in [-0.3, -0.25) is 4.79 Å². The first-order chi connectivity index (χ1) is 11.5. The molecule has 24 heavy (non-hydrogen) atoms. The molecule has 2 unspecified atom stereocenters. The van der Waals surface area contributed by atoms with Gasteiger partial charge in [-0.05, 0) is 43.4 Å². The predicted octanol–water partition coefficient (Wildman–Crippen LogP) is 3.46. The Morgan fingerprint density at radius 2 is 2.25 bits per heavy atom. The van der Waals surface area contributed by atoms with Gasteiger partial charge in [-0.1, -0.05) is 19.1 Å². The fourth-order valence-corrected chi connectivity index (χ4v) is 4.14. The second-order valence-electron chi connectivity index (χ2n) is 6.45. The van der Waals surface area contributed by atoms with Gasteiger partial charge < -0.3 is 10.6 Å². The smallest absolute Gasteiger partial charge is 0.274 e. The summed E-state index contributed by atoms with van der Waals surface area (Å²) in [6.07, 6.45) is 2.00. The summed E-state index contributed by atoms with van der Waals surface area (Å²) < 4.78 is 13.6. The molecule has 3 rings (SSSR count). The number of carbonyl (C=O) groups excluding carboxylic acids is 1. The molecule has 0 bridgehead atoms. The standard InChI is InChI=1S/C18H22FN3OS/c1-11-6-7-15(9-20)22(10-11)18(23)16-17(24-12(2)21-16)13-4-3-5-14(19)8-13/h3-5,8,11,15H,6-7,9-10,20H2,1-2H3. The average molecular weight is 347 g/mol. The van der Waals surface area contributed by atoms with Crippen molar-refractivity contribution in [3.05, 3.63) is 40.8 Å². The van der Waals surface area contributed by atoms with E-state index in [1.54, 1.807) is 6.07 Å². The molecule has 1 aliphatic rings. The Hall–Kier alpha value is -1.79. The highest BCUT2D eigenvalue weighted by molar-refractivity contribution is 7.15. The average Bonchev–Trinajstić information content (AvgIpc) is 2.96. The number of hydrogen-bond acceptors (Lipinski definition) is 4. The van der Waals surface area contributed by atoms with Crippen molar-refractivity contribution in [3.63, 3.8) is 0 Å². The van der Waals surface area contributed by atoms with Crippen LogP contribution in [-0.4, -0.2) is 34.9 Å². The fourth-order valence-electron chi connectivity index (χ4n) is 3.24. The van der Waals surface area contributed by atoms with Crippen LogP contribution >= 0.6 is 11.3 Å². The van der Waals surface area contributed by atoms with Gasteiger partial charge >= 0.3 is 0 Å². The summed E-state index contributed by atoms with van der Waals surface area (Å²) in [7, 11) is 0. The van der Waals surface area contributed by atoms with Crippen molar-refractivity contribution in [3.8, 4) is 10.4 Å². The molecular formula is C18H22FN3OS. The second kappa shape index (κ2) is 6.99. The zero-order chi connectivity index (χ0) is 17.3. The number of aromatic nitrogens is 1. The minimum absolute atomic E-state index is 0.0519. The molecule has 0 aliphatic carbocycles. The van der Waals surface area contributed by atoms with Gasteiger partial charge in [0.05, 0.1) is 9.88 Å². The Balaban J connectivity index is 1.98. The van der Waals surface area contributed by atoms with E-state index in [2.05, 4.69) is 11.9 Å². The topological polar surface area (TPSA) is 59.2 Å². The molecule has 2 aromatic rings. The summed E-state index contributed by atoms with van der Waals surface area (Å²) in [4.78, 5) is 20.2. The monoisotopic (exact) mass is 347 g/mol. The fraction of sp³-hybridized carbons (Fsp3) is 0.444. The van der Waals surface area contributed by atoms with Crippen molar-refractivity contribution in [2.75, 3.05) is 13.1 Å². The van der Waals surface area contributed by atoms with Gasteiger partial charge in [0, 0.05) is 19.1 Å². The van der Waals surface area contributed by atoms with E-state index in [9.17, 15) is 9.18 Å². The Labute approximate surface area is 145 Å². The number of amides is 1. The number of benzene rings is 1. The van der Waals surface area contributed by atoms with Crippen LogP contribution in [0.1, 0.15) is 35.3 Å². The molecule has 2 atom stereocenters. The lowest BCUT2D eigenvalue weighted by Crippen LogP contribution is -2.49. The molecule has 2 N–H and O–H groups in total. The van der Waals surface area contributed by atoms with Gasteiger partial charge in [-0.25, -0.2) is 9.37 Å². The van der Waals surface area contributed by atoms with E-state index in [1.165, 1.54) is 23.5 Å². The lowest BCUT2D eigenvalue weighted by atomic mass is 9.93. The molecule has 0 saturated carbocycles. The number of likely N-dealkylation sites (tertiary alicyclic amines) is 1. The SMILES string of the molecule is Cc1nc(C(=O)N2CC(C)CCC2CN)c(-c2cccc(F)c2)s1. The molecule has 1 aromatic carbocycles. The molecular weight excluding hydrogens is 325 g/mol. The number of nitrogens with zero attached hydrogens (tertiary/aromatic N) is 2. The molecule has 0 radical (unpaired) electrons.